The number of carbonyl (C=O) groups excluding carboxylic acids is 1. The van der Waals surface area contributed by atoms with Gasteiger partial charge in [0.25, 0.3) is 0 Å². The predicted octanol–water partition coefficient (Wildman–Crippen LogP) is 2.68. The van der Waals surface area contributed by atoms with Gasteiger partial charge < -0.3 is 15.6 Å². The number of amidine groups is 1. The van der Waals surface area contributed by atoms with E-state index in [4.69, 9.17) is 15.6 Å². The van der Waals surface area contributed by atoms with E-state index in [9.17, 15) is 9.18 Å². The number of pyridine rings is 1. The second-order valence-electron chi connectivity index (χ2n) is 6.69. The Labute approximate surface area is 167 Å². The van der Waals surface area contributed by atoms with Gasteiger partial charge in [0.15, 0.2) is 11.0 Å². The molecule has 2 aromatic rings. The molecule has 1 aliphatic rings. The van der Waals surface area contributed by atoms with Gasteiger partial charge in [0.05, 0.1) is 18.3 Å². The Morgan fingerprint density at radius 2 is 2.21 bits per heavy atom. The number of aliphatic hydroxyl groups is 1. The highest BCUT2D eigenvalue weighted by Gasteiger charge is 2.32. The van der Waals surface area contributed by atoms with Crippen LogP contribution in [0.15, 0.2) is 41.5 Å². The fraction of sp³-hybridized carbons (Fsp3) is 0.350. The number of nitrogens with zero attached hydrogens (tertiary/aromatic N) is 2. The average Bonchev–Trinajstić information content (AvgIpc) is 2.68. The van der Waals surface area contributed by atoms with E-state index < -0.39 is 5.54 Å². The zero-order valence-corrected chi connectivity index (χ0v) is 16.3. The number of thioether (sulfide) groups is 1. The summed E-state index contributed by atoms with van der Waals surface area (Å²) in [5.41, 5.74) is 6.54. The van der Waals surface area contributed by atoms with Gasteiger partial charge in [0.2, 0.25) is 0 Å². The molecule has 0 saturated heterocycles. The van der Waals surface area contributed by atoms with Crippen molar-refractivity contribution in [2.24, 2.45) is 10.7 Å². The SMILES string of the molecule is C[C@@]1(c2cc(CC(=O)c3ccc(OCCO)cn3)ccc2F)CCSC(N)=N1. The molecule has 0 bridgehead atoms. The largest absolute Gasteiger partial charge is 0.490 e. The number of hydrogen-bond donors (Lipinski definition) is 2. The summed E-state index contributed by atoms with van der Waals surface area (Å²) < 4.78 is 19.7. The van der Waals surface area contributed by atoms with Gasteiger partial charge in [-0.05, 0) is 43.2 Å². The predicted molar refractivity (Wildman–Crippen MR) is 107 cm³/mol. The second-order valence-corrected chi connectivity index (χ2v) is 7.80. The molecule has 1 aromatic carbocycles. The molecule has 1 aliphatic heterocycles. The Morgan fingerprint density at radius 1 is 1.39 bits per heavy atom. The Bertz CT molecular complexity index is 889. The highest BCUT2D eigenvalue weighted by atomic mass is 32.2. The van der Waals surface area contributed by atoms with Crippen molar-refractivity contribution in [3.63, 3.8) is 0 Å². The monoisotopic (exact) mass is 403 g/mol. The van der Waals surface area contributed by atoms with Crippen molar-refractivity contribution in [2.75, 3.05) is 19.0 Å². The number of hydrogen-bond acceptors (Lipinski definition) is 7. The average molecular weight is 403 g/mol. The van der Waals surface area contributed by atoms with E-state index in [0.29, 0.717) is 34.2 Å². The molecule has 3 N–H and O–H groups in total. The van der Waals surface area contributed by atoms with Crippen LogP contribution in [0.5, 0.6) is 5.75 Å². The standard InChI is InChI=1S/C20H22FN3O3S/c1-20(6-9-28-19(22)24-20)15-10-13(2-4-16(15)21)11-18(26)17-5-3-14(12-23-17)27-8-7-25/h2-5,10,12,25H,6-9,11H2,1H3,(H2,22,24)/t20-/m0/s1. The highest BCUT2D eigenvalue weighted by molar-refractivity contribution is 8.13. The van der Waals surface area contributed by atoms with Crippen LogP contribution in [-0.4, -0.2) is 40.0 Å². The van der Waals surface area contributed by atoms with Gasteiger partial charge in [-0.15, -0.1) is 0 Å². The molecule has 0 aliphatic carbocycles. The lowest BCUT2D eigenvalue weighted by Crippen LogP contribution is -2.29. The van der Waals surface area contributed by atoms with Crippen LogP contribution in [-0.2, 0) is 12.0 Å². The van der Waals surface area contributed by atoms with Crippen LogP contribution in [0.4, 0.5) is 4.39 Å². The van der Waals surface area contributed by atoms with Crippen LogP contribution in [0.25, 0.3) is 0 Å². The highest BCUT2D eigenvalue weighted by Crippen LogP contribution is 2.36. The maximum absolute atomic E-state index is 14.5. The van der Waals surface area contributed by atoms with Crippen LogP contribution in [0.3, 0.4) is 0 Å². The van der Waals surface area contributed by atoms with E-state index in [2.05, 4.69) is 9.98 Å². The molecule has 0 amide bonds. The first-order valence-corrected chi connectivity index (χ1v) is 9.90. The summed E-state index contributed by atoms with van der Waals surface area (Å²) in [6, 6.07) is 7.87. The van der Waals surface area contributed by atoms with Crippen LogP contribution in [0, 0.1) is 5.82 Å². The number of nitrogens with two attached hydrogens (primary N) is 1. The van der Waals surface area contributed by atoms with Crippen molar-refractivity contribution in [2.45, 2.75) is 25.3 Å². The van der Waals surface area contributed by atoms with E-state index in [1.54, 1.807) is 24.3 Å². The summed E-state index contributed by atoms with van der Waals surface area (Å²) in [5.74, 6) is 0.709. The quantitative estimate of drug-likeness (QED) is 0.690. The number of aliphatic hydroxyl groups excluding tert-OH is 1. The first kappa shape index (κ1) is 20.3. The maximum atomic E-state index is 14.5. The van der Waals surface area contributed by atoms with Gasteiger partial charge in [-0.25, -0.2) is 9.37 Å². The summed E-state index contributed by atoms with van der Waals surface area (Å²) in [6.45, 7) is 1.93. The summed E-state index contributed by atoms with van der Waals surface area (Å²) in [4.78, 5) is 21.1. The molecule has 6 nitrogen and oxygen atoms in total. The van der Waals surface area contributed by atoms with E-state index in [1.165, 1.54) is 24.0 Å². The van der Waals surface area contributed by atoms with Gasteiger partial charge in [0, 0.05) is 17.7 Å². The maximum Gasteiger partial charge on any atom is 0.185 e. The number of aliphatic imine (C=N–C) groups is 1. The molecule has 8 heteroatoms. The molecule has 3 rings (SSSR count). The van der Waals surface area contributed by atoms with Crippen molar-refractivity contribution < 1.29 is 19.0 Å². The smallest absolute Gasteiger partial charge is 0.185 e. The van der Waals surface area contributed by atoms with Gasteiger partial charge >= 0.3 is 0 Å². The first-order valence-electron chi connectivity index (χ1n) is 8.91. The minimum absolute atomic E-state index is 0.0963. The number of halogens is 1. The fourth-order valence-corrected chi connectivity index (χ4v) is 4.02. The lowest BCUT2D eigenvalue weighted by molar-refractivity contribution is 0.0988. The zero-order chi connectivity index (χ0) is 20.1. The number of carbonyl (C=O) groups is 1. The number of aromatic nitrogens is 1. The molecule has 0 radical (unpaired) electrons. The first-order chi connectivity index (χ1) is 13.4. The summed E-state index contributed by atoms with van der Waals surface area (Å²) in [7, 11) is 0. The molecule has 2 heterocycles. The van der Waals surface area contributed by atoms with Crippen LogP contribution < -0.4 is 10.5 Å². The van der Waals surface area contributed by atoms with Crippen LogP contribution in [0.1, 0.15) is 35.0 Å². The molecule has 0 spiro atoms. The van der Waals surface area contributed by atoms with Crippen LogP contribution >= 0.6 is 11.8 Å². The molecule has 0 saturated carbocycles. The Kier molecular flexibility index (Phi) is 6.31. The van der Waals surface area contributed by atoms with Crippen molar-refractivity contribution >= 4 is 22.7 Å². The number of benzene rings is 1. The normalized spacial score (nSPS) is 19.2. The Morgan fingerprint density at radius 3 is 2.89 bits per heavy atom. The molecule has 28 heavy (non-hydrogen) atoms. The Balaban J connectivity index is 1.78. The van der Waals surface area contributed by atoms with E-state index in [-0.39, 0.29) is 31.2 Å². The molecule has 1 aromatic heterocycles. The number of Topliss-reactive ketones (excluding diaryl/α,β-unsaturated/α-hetero) is 1. The van der Waals surface area contributed by atoms with Gasteiger partial charge in [-0.3, -0.25) is 9.79 Å². The van der Waals surface area contributed by atoms with Crippen molar-refractivity contribution in [1.29, 1.82) is 0 Å². The fourth-order valence-electron chi connectivity index (χ4n) is 3.05. The number of ketones is 1. The molecule has 1 atom stereocenters. The van der Waals surface area contributed by atoms with E-state index >= 15 is 0 Å². The lowest BCUT2D eigenvalue weighted by Gasteiger charge is -2.30. The molecular weight excluding hydrogens is 381 g/mol. The minimum atomic E-state index is -0.734. The topological polar surface area (TPSA) is 97.8 Å². The van der Waals surface area contributed by atoms with Crippen molar-refractivity contribution in [3.8, 4) is 5.75 Å². The minimum Gasteiger partial charge on any atom is -0.490 e. The third kappa shape index (κ3) is 4.69. The summed E-state index contributed by atoms with van der Waals surface area (Å²) in [6.07, 6.45) is 2.21. The van der Waals surface area contributed by atoms with E-state index in [1.807, 2.05) is 6.92 Å². The van der Waals surface area contributed by atoms with Gasteiger partial charge in [-0.2, -0.15) is 0 Å². The summed E-state index contributed by atoms with van der Waals surface area (Å²) in [5, 5.41) is 9.21. The molecular formula is C20H22FN3O3S. The second kappa shape index (κ2) is 8.70. The zero-order valence-electron chi connectivity index (χ0n) is 15.5. The number of ether oxygens (including phenoxy) is 1. The van der Waals surface area contributed by atoms with Crippen molar-refractivity contribution in [1.82, 2.24) is 4.98 Å². The summed E-state index contributed by atoms with van der Waals surface area (Å²) >= 11 is 1.46. The Hall–Kier alpha value is -2.45. The molecule has 0 unspecified atom stereocenters. The third-order valence-electron chi connectivity index (χ3n) is 4.55. The van der Waals surface area contributed by atoms with Crippen LogP contribution in [0.2, 0.25) is 0 Å². The van der Waals surface area contributed by atoms with E-state index in [0.717, 1.165) is 5.75 Å². The van der Waals surface area contributed by atoms with Gasteiger partial charge in [-0.1, -0.05) is 17.8 Å². The van der Waals surface area contributed by atoms with Crippen molar-refractivity contribution in [3.05, 3.63) is 59.2 Å². The third-order valence-corrected chi connectivity index (χ3v) is 5.35. The lowest BCUT2D eigenvalue weighted by atomic mass is 9.87. The van der Waals surface area contributed by atoms with Gasteiger partial charge in [0.1, 0.15) is 23.9 Å². The molecule has 148 valence electrons. The molecule has 0 fully saturated rings. The number of rotatable bonds is 7.